The van der Waals surface area contributed by atoms with Crippen molar-refractivity contribution in [2.24, 2.45) is 0 Å². The summed E-state index contributed by atoms with van der Waals surface area (Å²) < 4.78 is 9.91. The first-order valence-corrected chi connectivity index (χ1v) is 7.37. The molecule has 2 amide bonds. The Kier molecular flexibility index (Phi) is 5.55. The van der Waals surface area contributed by atoms with Gasteiger partial charge in [0.1, 0.15) is 6.10 Å². The van der Waals surface area contributed by atoms with E-state index in [-0.39, 0.29) is 36.7 Å². The molecule has 2 saturated heterocycles. The summed E-state index contributed by atoms with van der Waals surface area (Å²) in [5, 5.41) is 0. The number of carbonyl (C=O) groups excluding carboxylic acids is 3. The van der Waals surface area contributed by atoms with Crippen LogP contribution in [0.5, 0.6) is 0 Å². The molecule has 2 rings (SSSR count). The number of amides is 2. The highest BCUT2D eigenvalue weighted by atomic mass is 16.5. The van der Waals surface area contributed by atoms with Crippen molar-refractivity contribution < 1.29 is 23.9 Å². The van der Waals surface area contributed by atoms with E-state index in [0.717, 1.165) is 12.8 Å². The number of nitrogens with zero attached hydrogens (tertiary/aromatic N) is 2. The Hall–Kier alpha value is -1.63. The van der Waals surface area contributed by atoms with Crippen LogP contribution in [0, 0.1) is 0 Å². The minimum absolute atomic E-state index is 0.0363. The van der Waals surface area contributed by atoms with Crippen molar-refractivity contribution >= 4 is 17.8 Å². The number of rotatable bonds is 4. The molecule has 0 radical (unpaired) electrons. The highest BCUT2D eigenvalue weighted by molar-refractivity contribution is 5.83. The average Bonchev–Trinajstić information content (AvgIpc) is 3.06. The first-order chi connectivity index (χ1) is 10.1. The minimum Gasteiger partial charge on any atom is -0.469 e. The third-order valence-corrected chi connectivity index (χ3v) is 3.92. The Morgan fingerprint density at radius 2 is 1.76 bits per heavy atom. The fourth-order valence-corrected chi connectivity index (χ4v) is 2.62. The van der Waals surface area contributed by atoms with Gasteiger partial charge in [-0.25, -0.2) is 0 Å². The van der Waals surface area contributed by atoms with E-state index in [1.165, 1.54) is 7.11 Å². The number of hydrogen-bond acceptors (Lipinski definition) is 5. The van der Waals surface area contributed by atoms with Crippen LogP contribution in [-0.4, -0.2) is 73.6 Å². The highest BCUT2D eigenvalue weighted by Gasteiger charge is 2.31. The number of ether oxygens (including phenoxy) is 2. The van der Waals surface area contributed by atoms with E-state index in [9.17, 15) is 14.4 Å². The molecule has 0 spiro atoms. The van der Waals surface area contributed by atoms with Gasteiger partial charge in [-0.1, -0.05) is 0 Å². The van der Waals surface area contributed by atoms with Crippen LogP contribution in [0.2, 0.25) is 0 Å². The summed E-state index contributed by atoms with van der Waals surface area (Å²) in [7, 11) is 1.31. The standard InChI is InChI=1S/C14H22N2O5/c1-20-13(18)5-4-12(17)15-6-8-16(9-7-15)14(19)11-3-2-10-21-11/h11H,2-10H2,1H3. The lowest BCUT2D eigenvalue weighted by Crippen LogP contribution is -2.52. The molecular weight excluding hydrogens is 276 g/mol. The molecule has 7 nitrogen and oxygen atoms in total. The van der Waals surface area contributed by atoms with Gasteiger partial charge in [0.15, 0.2) is 0 Å². The van der Waals surface area contributed by atoms with Crippen molar-refractivity contribution in [3.63, 3.8) is 0 Å². The van der Waals surface area contributed by atoms with E-state index in [2.05, 4.69) is 4.74 Å². The predicted octanol–water partition coefficient (Wildman–Crippen LogP) is -0.211. The largest absolute Gasteiger partial charge is 0.469 e. The number of piperazine rings is 1. The second-order valence-electron chi connectivity index (χ2n) is 5.28. The van der Waals surface area contributed by atoms with Crippen LogP contribution in [-0.2, 0) is 23.9 Å². The van der Waals surface area contributed by atoms with E-state index in [1.54, 1.807) is 9.80 Å². The summed E-state index contributed by atoms with van der Waals surface area (Å²) in [6.07, 6.45) is 1.68. The van der Waals surface area contributed by atoms with Crippen molar-refractivity contribution in [2.45, 2.75) is 31.8 Å². The van der Waals surface area contributed by atoms with E-state index in [4.69, 9.17) is 4.74 Å². The molecule has 0 aromatic rings. The molecule has 1 atom stereocenters. The molecule has 0 aliphatic carbocycles. The van der Waals surface area contributed by atoms with Crippen LogP contribution < -0.4 is 0 Å². The minimum atomic E-state index is -0.379. The summed E-state index contributed by atoms with van der Waals surface area (Å²) in [5.41, 5.74) is 0. The molecule has 7 heteroatoms. The van der Waals surface area contributed by atoms with Crippen LogP contribution in [0.1, 0.15) is 25.7 Å². The Morgan fingerprint density at radius 1 is 1.10 bits per heavy atom. The summed E-state index contributed by atoms with van der Waals surface area (Å²) in [6.45, 7) is 2.74. The molecule has 21 heavy (non-hydrogen) atoms. The van der Waals surface area contributed by atoms with Gasteiger partial charge < -0.3 is 19.3 Å². The van der Waals surface area contributed by atoms with Gasteiger partial charge in [-0.2, -0.15) is 0 Å². The zero-order valence-corrected chi connectivity index (χ0v) is 12.4. The highest BCUT2D eigenvalue weighted by Crippen LogP contribution is 2.16. The first kappa shape index (κ1) is 15.8. The van der Waals surface area contributed by atoms with Gasteiger partial charge in [0.05, 0.1) is 13.5 Å². The van der Waals surface area contributed by atoms with Crippen LogP contribution in [0.3, 0.4) is 0 Å². The van der Waals surface area contributed by atoms with E-state index < -0.39 is 0 Å². The summed E-state index contributed by atoms with van der Waals surface area (Å²) in [4.78, 5) is 38.6. The number of carbonyl (C=O) groups is 3. The second kappa shape index (κ2) is 7.40. The van der Waals surface area contributed by atoms with Crippen molar-refractivity contribution in [3.05, 3.63) is 0 Å². The molecule has 118 valence electrons. The SMILES string of the molecule is COC(=O)CCC(=O)N1CCN(C(=O)C2CCCO2)CC1. The monoisotopic (exact) mass is 298 g/mol. The molecule has 2 fully saturated rings. The van der Waals surface area contributed by atoms with Crippen LogP contribution >= 0.6 is 0 Å². The van der Waals surface area contributed by atoms with Gasteiger partial charge in [0.2, 0.25) is 5.91 Å². The quantitative estimate of drug-likeness (QED) is 0.671. The van der Waals surface area contributed by atoms with E-state index in [0.29, 0.717) is 32.8 Å². The summed E-state index contributed by atoms with van der Waals surface area (Å²) >= 11 is 0. The molecule has 2 heterocycles. The average molecular weight is 298 g/mol. The van der Waals surface area contributed by atoms with Gasteiger partial charge in [0.25, 0.3) is 5.91 Å². The van der Waals surface area contributed by atoms with E-state index in [1.807, 2.05) is 0 Å². The van der Waals surface area contributed by atoms with Gasteiger partial charge >= 0.3 is 5.97 Å². The van der Waals surface area contributed by atoms with Crippen LogP contribution in [0.15, 0.2) is 0 Å². The van der Waals surface area contributed by atoms with Gasteiger partial charge in [-0.3, -0.25) is 14.4 Å². The lowest BCUT2D eigenvalue weighted by atomic mass is 10.2. The van der Waals surface area contributed by atoms with Crippen molar-refractivity contribution in [1.82, 2.24) is 9.80 Å². The van der Waals surface area contributed by atoms with Crippen LogP contribution in [0.25, 0.3) is 0 Å². The Bertz CT molecular complexity index is 398. The van der Waals surface area contributed by atoms with Gasteiger partial charge in [0, 0.05) is 39.2 Å². The maximum atomic E-state index is 12.2. The first-order valence-electron chi connectivity index (χ1n) is 7.37. The molecule has 2 aliphatic rings. The predicted molar refractivity (Wildman–Crippen MR) is 73.4 cm³/mol. The van der Waals surface area contributed by atoms with E-state index >= 15 is 0 Å². The molecule has 1 unspecified atom stereocenters. The lowest BCUT2D eigenvalue weighted by molar-refractivity contribution is -0.147. The number of methoxy groups -OCH3 is 1. The molecule has 0 saturated carbocycles. The van der Waals surface area contributed by atoms with Gasteiger partial charge in [-0.05, 0) is 12.8 Å². The second-order valence-corrected chi connectivity index (χ2v) is 5.28. The molecule has 0 bridgehead atoms. The fraction of sp³-hybridized carbons (Fsp3) is 0.786. The normalized spacial score (nSPS) is 22.2. The van der Waals surface area contributed by atoms with Crippen LogP contribution in [0.4, 0.5) is 0 Å². The third-order valence-electron chi connectivity index (χ3n) is 3.92. The van der Waals surface area contributed by atoms with Crippen molar-refractivity contribution in [2.75, 3.05) is 39.9 Å². The maximum Gasteiger partial charge on any atom is 0.306 e. The topological polar surface area (TPSA) is 76.2 Å². The Labute approximate surface area is 124 Å². The molecular formula is C14H22N2O5. The molecule has 0 aromatic heterocycles. The molecule has 2 aliphatic heterocycles. The fourth-order valence-electron chi connectivity index (χ4n) is 2.62. The zero-order chi connectivity index (χ0) is 15.2. The third kappa shape index (κ3) is 4.17. The molecule has 0 N–H and O–H groups in total. The van der Waals surface area contributed by atoms with Crippen molar-refractivity contribution in [1.29, 1.82) is 0 Å². The summed E-state index contributed by atoms with van der Waals surface area (Å²) in [5.74, 6) is -0.408. The van der Waals surface area contributed by atoms with Gasteiger partial charge in [-0.15, -0.1) is 0 Å². The summed E-state index contributed by atoms with van der Waals surface area (Å²) in [6, 6.07) is 0. The molecule has 0 aromatic carbocycles. The van der Waals surface area contributed by atoms with Crippen molar-refractivity contribution in [3.8, 4) is 0 Å². The zero-order valence-electron chi connectivity index (χ0n) is 12.4. The lowest BCUT2D eigenvalue weighted by Gasteiger charge is -2.35. The smallest absolute Gasteiger partial charge is 0.306 e. The number of esters is 1. The maximum absolute atomic E-state index is 12.2. The Balaban J connectivity index is 1.73. The Morgan fingerprint density at radius 3 is 2.33 bits per heavy atom. The number of hydrogen-bond donors (Lipinski definition) is 0.